The van der Waals surface area contributed by atoms with Crippen LogP contribution in [0.5, 0.6) is 28.9 Å². The van der Waals surface area contributed by atoms with Gasteiger partial charge in [0.05, 0.1) is 31.3 Å². The first-order valence-corrected chi connectivity index (χ1v) is 14.2. The smallest absolute Gasteiger partial charge is 0.411 e. The first-order valence-electron chi connectivity index (χ1n) is 14.2. The molecule has 0 radical (unpaired) electrons. The van der Waals surface area contributed by atoms with Crippen molar-refractivity contribution in [1.82, 2.24) is 4.98 Å². The van der Waals surface area contributed by atoms with Gasteiger partial charge in [-0.3, -0.25) is 5.32 Å². The Morgan fingerprint density at radius 3 is 2.04 bits per heavy atom. The van der Waals surface area contributed by atoms with Crippen molar-refractivity contribution in [3.8, 4) is 28.9 Å². The van der Waals surface area contributed by atoms with Gasteiger partial charge in [-0.25, -0.2) is 14.6 Å². The second-order valence-electron chi connectivity index (χ2n) is 11.1. The molecule has 1 heterocycles. The standard InChI is InChI=1S/C35H34N4O6/c1-35(2,3)22-19-28(32(42-4)29(20-22)39-34(41)43-5)38-33(40)37-27-15-16-30(26-14-10-9-13-25(26)27)44-24-17-18-36-31(21-24)45-23-11-7-6-8-12-23/h6-21H,1-5H3,(H,39,41)(H2,37,38,40). The third-order valence-electron chi connectivity index (χ3n) is 6.86. The number of hydrogen-bond donors (Lipinski definition) is 3. The minimum absolute atomic E-state index is 0.283. The fourth-order valence-corrected chi connectivity index (χ4v) is 4.62. The molecule has 0 saturated carbocycles. The lowest BCUT2D eigenvalue weighted by Gasteiger charge is -2.24. The van der Waals surface area contributed by atoms with Crippen molar-refractivity contribution in [2.75, 3.05) is 30.2 Å². The third kappa shape index (κ3) is 7.42. The predicted molar refractivity (Wildman–Crippen MR) is 175 cm³/mol. The number of urea groups is 1. The van der Waals surface area contributed by atoms with E-state index in [9.17, 15) is 9.59 Å². The van der Waals surface area contributed by atoms with E-state index in [-0.39, 0.29) is 11.2 Å². The van der Waals surface area contributed by atoms with E-state index in [2.05, 4.69) is 20.9 Å². The molecule has 4 aromatic carbocycles. The summed E-state index contributed by atoms with van der Waals surface area (Å²) in [6.45, 7) is 6.08. The SMILES string of the molecule is COC(=O)Nc1cc(C(C)(C)C)cc(NC(=O)Nc2ccc(Oc3ccnc(Oc4ccccc4)c3)c3ccccc23)c1OC. The van der Waals surface area contributed by atoms with Gasteiger partial charge >= 0.3 is 12.1 Å². The van der Waals surface area contributed by atoms with Gasteiger partial charge < -0.3 is 29.6 Å². The molecule has 0 unspecified atom stereocenters. The van der Waals surface area contributed by atoms with Crippen molar-refractivity contribution in [2.45, 2.75) is 26.2 Å². The average molecular weight is 607 g/mol. The van der Waals surface area contributed by atoms with Crippen molar-refractivity contribution in [2.24, 2.45) is 0 Å². The number of anilines is 3. The van der Waals surface area contributed by atoms with Crippen molar-refractivity contribution in [3.05, 3.63) is 103 Å². The Hall–Kier alpha value is -5.77. The molecule has 45 heavy (non-hydrogen) atoms. The van der Waals surface area contributed by atoms with Gasteiger partial charge in [0.1, 0.15) is 17.2 Å². The van der Waals surface area contributed by atoms with Crippen LogP contribution in [0, 0.1) is 0 Å². The lowest BCUT2D eigenvalue weighted by atomic mass is 9.86. The summed E-state index contributed by atoms with van der Waals surface area (Å²) in [5, 5.41) is 10.0. The Morgan fingerprint density at radius 2 is 1.36 bits per heavy atom. The summed E-state index contributed by atoms with van der Waals surface area (Å²) in [4.78, 5) is 29.7. The fourth-order valence-electron chi connectivity index (χ4n) is 4.62. The van der Waals surface area contributed by atoms with Crippen LogP contribution in [0.15, 0.2) is 97.2 Å². The van der Waals surface area contributed by atoms with Crippen LogP contribution >= 0.6 is 0 Å². The molecule has 10 nitrogen and oxygen atoms in total. The maximum atomic E-state index is 13.4. The Kier molecular flexibility index (Phi) is 9.04. The topological polar surface area (TPSA) is 120 Å². The molecule has 3 N–H and O–H groups in total. The second kappa shape index (κ2) is 13.3. The van der Waals surface area contributed by atoms with Crippen LogP contribution in [0.4, 0.5) is 26.7 Å². The van der Waals surface area contributed by atoms with Crippen LogP contribution in [0.3, 0.4) is 0 Å². The summed E-state index contributed by atoms with van der Waals surface area (Å²) in [5.41, 5.74) is 1.89. The molecule has 3 amide bonds. The number of aromatic nitrogens is 1. The zero-order chi connectivity index (χ0) is 32.0. The molecule has 5 aromatic rings. The number of pyridine rings is 1. The Morgan fingerprint density at radius 1 is 0.689 bits per heavy atom. The summed E-state index contributed by atoms with van der Waals surface area (Å²) in [5.74, 6) is 2.48. The highest BCUT2D eigenvalue weighted by atomic mass is 16.5. The summed E-state index contributed by atoms with van der Waals surface area (Å²) in [6, 6.07) is 27.1. The minimum atomic E-state index is -0.657. The number of methoxy groups -OCH3 is 2. The van der Waals surface area contributed by atoms with Crippen LogP contribution in [-0.4, -0.2) is 31.3 Å². The van der Waals surface area contributed by atoms with E-state index in [1.54, 1.807) is 36.5 Å². The van der Waals surface area contributed by atoms with E-state index in [1.165, 1.54) is 14.2 Å². The number of hydrogen-bond acceptors (Lipinski definition) is 7. The van der Waals surface area contributed by atoms with E-state index < -0.39 is 12.1 Å². The molecule has 0 spiro atoms. The Labute approximate surface area is 261 Å². The van der Waals surface area contributed by atoms with Crippen molar-refractivity contribution in [3.63, 3.8) is 0 Å². The number of nitrogens with one attached hydrogen (secondary N) is 3. The van der Waals surface area contributed by atoms with Gasteiger partial charge in [-0.2, -0.15) is 0 Å². The maximum Gasteiger partial charge on any atom is 0.411 e. The number of benzene rings is 4. The first-order chi connectivity index (χ1) is 21.6. The molecule has 0 bridgehead atoms. The van der Waals surface area contributed by atoms with Gasteiger partial charge in [0.2, 0.25) is 5.88 Å². The molecule has 0 saturated heterocycles. The largest absolute Gasteiger partial charge is 0.492 e. The van der Waals surface area contributed by atoms with E-state index >= 15 is 0 Å². The highest BCUT2D eigenvalue weighted by Gasteiger charge is 2.22. The van der Waals surface area contributed by atoms with Gasteiger partial charge in [0.15, 0.2) is 5.75 Å². The number of nitrogens with zero attached hydrogens (tertiary/aromatic N) is 1. The van der Waals surface area contributed by atoms with Gasteiger partial charge in [-0.05, 0) is 53.4 Å². The zero-order valence-electron chi connectivity index (χ0n) is 25.6. The highest BCUT2D eigenvalue weighted by Crippen LogP contribution is 2.39. The summed E-state index contributed by atoms with van der Waals surface area (Å²) in [7, 11) is 2.74. The zero-order valence-corrected chi connectivity index (χ0v) is 25.6. The molecule has 0 aliphatic rings. The molecule has 1 aromatic heterocycles. The molecule has 230 valence electrons. The number of carbonyl (C=O) groups is 2. The number of ether oxygens (including phenoxy) is 4. The van der Waals surface area contributed by atoms with Crippen LogP contribution in [-0.2, 0) is 10.2 Å². The number of carbonyl (C=O) groups excluding carboxylic acids is 2. The van der Waals surface area contributed by atoms with Gasteiger partial charge in [-0.1, -0.05) is 63.2 Å². The summed E-state index contributed by atoms with van der Waals surface area (Å²) in [6.07, 6.45) is 0.959. The van der Waals surface area contributed by atoms with Crippen LogP contribution in [0.1, 0.15) is 26.3 Å². The molecular formula is C35H34N4O6. The number of rotatable bonds is 8. The Bertz CT molecular complexity index is 1840. The normalized spacial score (nSPS) is 11.0. The highest BCUT2D eigenvalue weighted by molar-refractivity contribution is 6.08. The van der Waals surface area contributed by atoms with Gasteiger partial charge in [0, 0.05) is 23.0 Å². The lowest BCUT2D eigenvalue weighted by molar-refractivity contribution is 0.187. The molecule has 0 aliphatic heterocycles. The van der Waals surface area contributed by atoms with E-state index in [0.29, 0.717) is 40.2 Å². The molecule has 0 fully saturated rings. The molecular weight excluding hydrogens is 572 g/mol. The predicted octanol–water partition coefficient (Wildman–Crippen LogP) is 8.95. The Balaban J connectivity index is 1.39. The average Bonchev–Trinajstić information content (AvgIpc) is 3.02. The minimum Gasteiger partial charge on any atom is -0.492 e. The molecule has 10 heteroatoms. The van der Waals surface area contributed by atoms with Gasteiger partial charge in [-0.15, -0.1) is 0 Å². The summed E-state index contributed by atoms with van der Waals surface area (Å²) >= 11 is 0. The van der Waals surface area contributed by atoms with Crippen molar-refractivity contribution >= 4 is 40.0 Å². The third-order valence-corrected chi connectivity index (χ3v) is 6.86. The van der Waals surface area contributed by atoms with E-state index in [4.69, 9.17) is 18.9 Å². The van der Waals surface area contributed by atoms with E-state index in [0.717, 1.165) is 16.3 Å². The van der Waals surface area contributed by atoms with E-state index in [1.807, 2.05) is 81.4 Å². The van der Waals surface area contributed by atoms with Crippen molar-refractivity contribution in [1.29, 1.82) is 0 Å². The fraction of sp³-hybridized carbons (Fsp3) is 0.171. The van der Waals surface area contributed by atoms with Crippen LogP contribution in [0.2, 0.25) is 0 Å². The number of amides is 3. The lowest BCUT2D eigenvalue weighted by Crippen LogP contribution is -2.22. The quantitative estimate of drug-likeness (QED) is 0.161. The molecule has 0 atom stereocenters. The second-order valence-corrected chi connectivity index (χ2v) is 11.1. The first kappa shape index (κ1) is 30.7. The summed E-state index contributed by atoms with van der Waals surface area (Å²) < 4.78 is 22.4. The number of para-hydroxylation sites is 1. The molecule has 0 aliphatic carbocycles. The maximum absolute atomic E-state index is 13.4. The van der Waals surface area contributed by atoms with Crippen LogP contribution < -0.4 is 30.2 Å². The monoisotopic (exact) mass is 606 g/mol. The number of fused-ring (bicyclic) bond motifs is 1. The molecule has 5 rings (SSSR count). The van der Waals surface area contributed by atoms with Crippen molar-refractivity contribution < 1.29 is 28.5 Å². The van der Waals surface area contributed by atoms with Gasteiger partial charge in [0.25, 0.3) is 0 Å². The van der Waals surface area contributed by atoms with Crippen LogP contribution in [0.25, 0.3) is 10.8 Å².